The molecule has 0 aliphatic heterocycles. The molecule has 5 heteroatoms. The molecule has 0 saturated carbocycles. The first-order chi connectivity index (χ1) is 9.76. The molecule has 5 nitrogen and oxygen atoms in total. The summed E-state index contributed by atoms with van der Waals surface area (Å²) in [5.74, 6) is 0.514. The third-order valence-corrected chi connectivity index (χ3v) is 2.83. The van der Waals surface area contributed by atoms with E-state index in [1.165, 1.54) is 4.90 Å². The third-order valence-electron chi connectivity index (χ3n) is 2.83. The van der Waals surface area contributed by atoms with Gasteiger partial charge >= 0.3 is 0 Å². The maximum atomic E-state index is 12.5. The van der Waals surface area contributed by atoms with E-state index in [2.05, 4.69) is 0 Å². The standard InChI is InChI=1S/C15H15N3O2/c16-9-4-10-18(12-5-2-1-3-6-12)15(19)14-8-7-13(11-17)20-14/h1-3,5-8H,4,10-11,17H2. The van der Waals surface area contributed by atoms with Gasteiger partial charge in [0.05, 0.1) is 19.0 Å². The van der Waals surface area contributed by atoms with Crippen molar-refractivity contribution in [3.05, 3.63) is 54.0 Å². The van der Waals surface area contributed by atoms with Gasteiger partial charge in [0.15, 0.2) is 5.76 Å². The van der Waals surface area contributed by atoms with Gasteiger partial charge in [0.25, 0.3) is 5.91 Å². The van der Waals surface area contributed by atoms with Crippen molar-refractivity contribution in [2.24, 2.45) is 5.73 Å². The summed E-state index contributed by atoms with van der Waals surface area (Å²) in [5, 5.41) is 8.73. The molecule has 0 atom stereocenters. The molecule has 2 rings (SSSR count). The van der Waals surface area contributed by atoms with Gasteiger partial charge in [0.2, 0.25) is 0 Å². The highest BCUT2D eigenvalue weighted by molar-refractivity contribution is 6.04. The number of anilines is 1. The minimum Gasteiger partial charge on any atom is -0.455 e. The van der Waals surface area contributed by atoms with E-state index in [-0.39, 0.29) is 24.6 Å². The lowest BCUT2D eigenvalue weighted by Gasteiger charge is -2.20. The van der Waals surface area contributed by atoms with Crippen molar-refractivity contribution >= 4 is 11.6 Å². The topological polar surface area (TPSA) is 83.3 Å². The van der Waals surface area contributed by atoms with Crippen LogP contribution in [-0.4, -0.2) is 12.5 Å². The molecular formula is C15H15N3O2. The molecule has 102 valence electrons. The van der Waals surface area contributed by atoms with E-state index in [0.29, 0.717) is 12.3 Å². The number of nitrogens with zero attached hydrogens (tertiary/aromatic N) is 2. The van der Waals surface area contributed by atoms with Crippen LogP contribution in [0.5, 0.6) is 0 Å². The van der Waals surface area contributed by atoms with E-state index >= 15 is 0 Å². The number of hydrogen-bond donors (Lipinski definition) is 1. The van der Waals surface area contributed by atoms with Crippen LogP contribution < -0.4 is 10.6 Å². The number of nitrogens with two attached hydrogens (primary N) is 1. The van der Waals surface area contributed by atoms with Gasteiger partial charge in [0, 0.05) is 12.2 Å². The molecule has 2 N–H and O–H groups in total. The van der Waals surface area contributed by atoms with Gasteiger partial charge in [-0.3, -0.25) is 4.79 Å². The van der Waals surface area contributed by atoms with Crippen molar-refractivity contribution in [1.29, 1.82) is 5.26 Å². The molecule has 0 aliphatic rings. The lowest BCUT2D eigenvalue weighted by atomic mass is 10.2. The van der Waals surface area contributed by atoms with Crippen LogP contribution in [0.2, 0.25) is 0 Å². The lowest BCUT2D eigenvalue weighted by Crippen LogP contribution is -2.31. The van der Waals surface area contributed by atoms with Crippen molar-refractivity contribution in [3.8, 4) is 6.07 Å². The SMILES string of the molecule is N#CCCN(C(=O)c1ccc(CN)o1)c1ccccc1. The van der Waals surface area contributed by atoms with Crippen LogP contribution in [0.1, 0.15) is 22.7 Å². The number of nitriles is 1. The maximum Gasteiger partial charge on any atom is 0.294 e. The number of hydrogen-bond acceptors (Lipinski definition) is 4. The minimum absolute atomic E-state index is 0.229. The van der Waals surface area contributed by atoms with Gasteiger partial charge in [-0.1, -0.05) is 18.2 Å². The fraction of sp³-hybridized carbons (Fsp3) is 0.200. The molecule has 0 fully saturated rings. The van der Waals surface area contributed by atoms with Gasteiger partial charge < -0.3 is 15.1 Å². The number of furan rings is 1. The van der Waals surface area contributed by atoms with Gasteiger partial charge in [-0.25, -0.2) is 0 Å². The van der Waals surface area contributed by atoms with E-state index in [1.54, 1.807) is 12.1 Å². The van der Waals surface area contributed by atoms with Gasteiger partial charge in [-0.05, 0) is 24.3 Å². The molecule has 0 radical (unpaired) electrons. The summed E-state index contributed by atoms with van der Waals surface area (Å²) in [7, 11) is 0. The molecule has 1 aromatic heterocycles. The summed E-state index contributed by atoms with van der Waals surface area (Å²) in [6, 6.07) is 14.5. The van der Waals surface area contributed by atoms with E-state index in [9.17, 15) is 4.79 Å². The van der Waals surface area contributed by atoms with Crippen LogP contribution in [0.15, 0.2) is 46.9 Å². The quantitative estimate of drug-likeness (QED) is 0.902. The fourth-order valence-corrected chi connectivity index (χ4v) is 1.85. The maximum absolute atomic E-state index is 12.5. The van der Waals surface area contributed by atoms with Crippen LogP contribution >= 0.6 is 0 Å². The molecule has 1 aromatic carbocycles. The lowest BCUT2D eigenvalue weighted by molar-refractivity contribution is 0.0959. The van der Waals surface area contributed by atoms with Crippen LogP contribution in [0.25, 0.3) is 0 Å². The number of benzene rings is 1. The number of carbonyl (C=O) groups excluding carboxylic acids is 1. The van der Waals surface area contributed by atoms with Crippen LogP contribution in [0, 0.1) is 11.3 Å². The summed E-state index contributed by atoms with van der Waals surface area (Å²) in [4.78, 5) is 14.0. The van der Waals surface area contributed by atoms with Crippen molar-refractivity contribution in [2.75, 3.05) is 11.4 Å². The Kier molecular flexibility index (Phi) is 4.53. The largest absolute Gasteiger partial charge is 0.455 e. The van der Waals surface area contributed by atoms with E-state index < -0.39 is 0 Å². The Balaban J connectivity index is 2.26. The molecule has 20 heavy (non-hydrogen) atoms. The predicted molar refractivity (Wildman–Crippen MR) is 74.9 cm³/mol. The highest BCUT2D eigenvalue weighted by Gasteiger charge is 2.20. The summed E-state index contributed by atoms with van der Waals surface area (Å²) in [6.45, 7) is 0.564. The van der Waals surface area contributed by atoms with Crippen molar-refractivity contribution in [3.63, 3.8) is 0 Å². The van der Waals surface area contributed by atoms with E-state index in [4.69, 9.17) is 15.4 Å². The smallest absolute Gasteiger partial charge is 0.294 e. The van der Waals surface area contributed by atoms with Gasteiger partial charge in [0.1, 0.15) is 5.76 Å². The Bertz CT molecular complexity index is 614. The van der Waals surface area contributed by atoms with Crippen molar-refractivity contribution in [2.45, 2.75) is 13.0 Å². The van der Waals surface area contributed by atoms with Crippen LogP contribution in [0.4, 0.5) is 5.69 Å². The summed E-state index contributed by atoms with van der Waals surface area (Å²) in [6.07, 6.45) is 0.255. The second-order valence-corrected chi connectivity index (χ2v) is 4.17. The monoisotopic (exact) mass is 269 g/mol. The highest BCUT2D eigenvalue weighted by atomic mass is 16.4. The molecule has 0 unspecified atom stereocenters. The Labute approximate surface area is 117 Å². The molecule has 1 heterocycles. The molecule has 1 amide bonds. The Morgan fingerprint density at radius 1 is 1.25 bits per heavy atom. The van der Waals surface area contributed by atoms with Crippen molar-refractivity contribution in [1.82, 2.24) is 0 Å². The first kappa shape index (κ1) is 13.8. The van der Waals surface area contributed by atoms with E-state index in [0.717, 1.165) is 5.69 Å². The second-order valence-electron chi connectivity index (χ2n) is 4.17. The highest BCUT2D eigenvalue weighted by Crippen LogP contribution is 2.18. The number of para-hydroxylation sites is 1. The average molecular weight is 269 g/mol. The second kappa shape index (κ2) is 6.55. The first-order valence-corrected chi connectivity index (χ1v) is 6.29. The summed E-state index contributed by atoms with van der Waals surface area (Å²) < 4.78 is 5.38. The Morgan fingerprint density at radius 3 is 2.60 bits per heavy atom. The minimum atomic E-state index is -0.272. The van der Waals surface area contributed by atoms with Gasteiger partial charge in [-0.2, -0.15) is 5.26 Å². The summed E-state index contributed by atoms with van der Waals surface area (Å²) in [5.41, 5.74) is 6.20. The van der Waals surface area contributed by atoms with E-state index in [1.807, 2.05) is 36.4 Å². The third kappa shape index (κ3) is 3.05. The first-order valence-electron chi connectivity index (χ1n) is 6.29. The Hall–Kier alpha value is -2.58. The molecule has 2 aromatic rings. The number of amides is 1. The van der Waals surface area contributed by atoms with Gasteiger partial charge in [-0.15, -0.1) is 0 Å². The van der Waals surface area contributed by atoms with Crippen molar-refractivity contribution < 1.29 is 9.21 Å². The zero-order valence-electron chi connectivity index (χ0n) is 11.0. The zero-order valence-corrected chi connectivity index (χ0v) is 11.0. The predicted octanol–water partition coefficient (Wildman–Crippen LogP) is 2.30. The molecule has 0 bridgehead atoms. The molecule has 0 saturated heterocycles. The molecule has 0 aliphatic carbocycles. The number of rotatable bonds is 5. The summed E-state index contributed by atoms with van der Waals surface area (Å²) >= 11 is 0. The zero-order chi connectivity index (χ0) is 14.4. The van der Waals surface area contributed by atoms with Crippen LogP contribution in [0.3, 0.4) is 0 Å². The average Bonchev–Trinajstić information content (AvgIpc) is 2.97. The molecular weight excluding hydrogens is 254 g/mol. The molecule has 0 spiro atoms. The van der Waals surface area contributed by atoms with Crippen LogP contribution in [-0.2, 0) is 6.54 Å². The Morgan fingerprint density at radius 2 is 2.00 bits per heavy atom. The normalized spacial score (nSPS) is 10.0. The fourth-order valence-electron chi connectivity index (χ4n) is 1.85. The number of carbonyl (C=O) groups is 1.